The van der Waals surface area contributed by atoms with Crippen LogP contribution in [-0.4, -0.2) is 75.3 Å². The molecule has 20 nitrogen and oxygen atoms in total. The molecule has 666 valence electrons. The van der Waals surface area contributed by atoms with Crippen LogP contribution in [0.4, 0.5) is 57.1 Å². The van der Waals surface area contributed by atoms with Crippen LogP contribution in [0.2, 0.25) is 0 Å². The lowest BCUT2D eigenvalue weighted by molar-refractivity contribution is -0.720. The van der Waals surface area contributed by atoms with Gasteiger partial charge in [0.2, 0.25) is 17.1 Å². The maximum atomic E-state index is 13.9. The summed E-state index contributed by atoms with van der Waals surface area (Å²) >= 11 is 7.44. The van der Waals surface area contributed by atoms with Gasteiger partial charge in [0.1, 0.15) is 63.4 Å². The van der Waals surface area contributed by atoms with Gasteiger partial charge in [0.15, 0.2) is 62.8 Å². The number of fused-ring (bicyclic) bond motifs is 12. The second-order valence-electron chi connectivity index (χ2n) is 30.8. The molecule has 0 spiro atoms. The summed E-state index contributed by atoms with van der Waals surface area (Å²) in [6, 6.07) is 53.6. The molecular weight excluding hydrogens is 1830 g/mol. The molecule has 22 rings (SSSR count). The van der Waals surface area contributed by atoms with Gasteiger partial charge in [-0.1, -0.05) is 139 Å². The third kappa shape index (κ3) is 16.2. The van der Waals surface area contributed by atoms with Crippen LogP contribution in [0.25, 0.3) is 181 Å². The second-order valence-corrected chi connectivity index (χ2v) is 36.0. The zero-order chi connectivity index (χ0) is 99.2. The Morgan fingerprint density at radius 2 is 0.436 bits per heavy atom. The van der Waals surface area contributed by atoms with Crippen LogP contribution >= 0.6 is 56.7 Å². The standard InChI is InChI=1S/C21H14F3N4S.C21H17N4S.C19H16F3N4S.C17H10F5N4S.C17H13F2N4S/c1-11-12-7-3-6-10-15(12)29-19(11)18-16-17(20(21(22,23)24)27-28(18)2)26-14-9-5-4-8-13(14)25-16;1-12-14-8-4-7-11-17(14)26-21(12)20-19-18(13(2)24-25(20)3)22-15-9-5-6-10-16(15)23-19;1-9-12-7-5-6-8-13(12)27-17(9)16-14-15(24-11(3)10(2)23-14)18(19(20,21)22)25-26(16)4;1-7-8-5-3-4-6-9(8)27-13(7)12-10-11(24-16(19)15(18)23-10)14(17(20,21)22)25-26(12)2;1-8-10-6-4-5-7-11(10)24-15(8)14-13-12(9(2)22-23(14)3)20-16(18)17(19)21-13/h3-10H,1-2H3;4-11H,1-3H3;5-8H,1-4H3;3-6H,1-2H3;4-7H,1-3H3/q5*+1/i;2D3;;;2D3. The minimum absolute atomic E-state index is 0.0317. The molecule has 0 atom stereocenters. The molecule has 0 amide bonds. The first-order valence-electron chi connectivity index (χ1n) is 43.2. The highest BCUT2D eigenvalue weighted by atomic mass is 32.1. The lowest BCUT2D eigenvalue weighted by atomic mass is 10.1. The van der Waals surface area contributed by atoms with Crippen molar-refractivity contribution in [1.82, 2.24) is 75.3 Å². The van der Waals surface area contributed by atoms with Crippen molar-refractivity contribution in [1.29, 1.82) is 0 Å². The molecule has 38 heteroatoms. The van der Waals surface area contributed by atoms with Gasteiger partial charge in [-0.25, -0.2) is 49.8 Å². The number of hydrogen-bond donors (Lipinski definition) is 0. The molecule has 15 aromatic heterocycles. The summed E-state index contributed by atoms with van der Waals surface area (Å²) < 4.78 is 235. The fourth-order valence-corrected chi connectivity index (χ4v) is 22.3. The molecule has 0 saturated carbocycles. The van der Waals surface area contributed by atoms with Crippen molar-refractivity contribution in [2.45, 2.75) is 80.7 Å². The molecule has 15 heterocycles. The van der Waals surface area contributed by atoms with Crippen LogP contribution < -0.4 is 23.4 Å². The monoisotopic (exact) mass is 1900 g/mol. The quantitative estimate of drug-likeness (QED) is 0.0890. The number of aryl methyl sites for hydroxylation is 14. The SMILES string of the molecule is Cc1c(-c2c3nc(F)c(F)nc3c(C(F)(F)F)n[n+]2C)sc2ccccc12.Cc1c(-c2c3nc4ccccc4nc3c(C(F)(F)F)n[n+]2C)sc2ccccc12.Cc1nc2c(C(F)(F)F)n[n+](C)c(-c3sc4ccccc4c3C)c2nc1C.[2H]C([2H])([2H])c1n[n+](C)c(-c2sc3ccccc3c2C)c2nc(F)c(F)nc12.[2H]C([2H])([2H])c1n[n+](C)c(-c2sc3ccccc3c2C)c2nc3ccccc3nc12. The van der Waals surface area contributed by atoms with E-state index in [2.05, 4.69) is 89.4 Å². The Bertz CT molecular complexity index is 8180. The maximum Gasteiger partial charge on any atom is 0.441 e. The largest absolute Gasteiger partial charge is 0.441 e. The lowest BCUT2D eigenvalue weighted by Crippen LogP contribution is -2.39. The van der Waals surface area contributed by atoms with Crippen LogP contribution in [0.15, 0.2) is 170 Å². The predicted octanol–water partition coefficient (Wildman–Crippen LogP) is 22.3. The number of alkyl halides is 9. The Morgan fingerprint density at radius 1 is 0.241 bits per heavy atom. The zero-order valence-electron chi connectivity index (χ0n) is 77.6. The molecule has 7 aromatic carbocycles. The summed E-state index contributed by atoms with van der Waals surface area (Å²) in [6.07, 6.45) is -14.1. The molecule has 0 aliphatic carbocycles. The third-order valence-corrected chi connectivity index (χ3v) is 28.7. The minimum Gasteiger partial charge on any atom is -0.247 e. The molecule has 0 aliphatic rings. The van der Waals surface area contributed by atoms with Crippen molar-refractivity contribution >= 4 is 184 Å². The fraction of sp³-hybridized carbons (Fsp3) is 0.179. The molecule has 133 heavy (non-hydrogen) atoms. The third-order valence-electron chi connectivity index (χ3n) is 22.3. The molecule has 0 fully saturated rings. The van der Waals surface area contributed by atoms with Crippen molar-refractivity contribution in [3.63, 3.8) is 0 Å². The average Bonchev–Trinajstić information content (AvgIpc) is 1.71. The average molecular weight is 1910 g/mol. The summed E-state index contributed by atoms with van der Waals surface area (Å²) in [4.78, 5) is 44.9. The van der Waals surface area contributed by atoms with E-state index in [9.17, 15) is 57.1 Å². The lowest BCUT2D eigenvalue weighted by Gasteiger charge is -2.10. The van der Waals surface area contributed by atoms with Crippen molar-refractivity contribution in [2.75, 3.05) is 0 Å². The van der Waals surface area contributed by atoms with Gasteiger partial charge in [-0.05, 0) is 182 Å². The fourth-order valence-electron chi connectivity index (χ4n) is 15.9. The number of halogens is 13. The molecule has 0 saturated heterocycles. The number of aromatic nitrogens is 20. The number of nitrogens with zero attached hydrogens (tertiary/aromatic N) is 20. The highest BCUT2D eigenvalue weighted by Crippen LogP contribution is 2.47. The van der Waals surface area contributed by atoms with E-state index in [4.69, 9.17) is 13.2 Å². The van der Waals surface area contributed by atoms with E-state index >= 15 is 0 Å². The van der Waals surface area contributed by atoms with E-state index in [-0.39, 0.29) is 44.5 Å². The van der Waals surface area contributed by atoms with Crippen LogP contribution in [-0.2, 0) is 53.8 Å². The maximum absolute atomic E-state index is 13.9. The van der Waals surface area contributed by atoms with Gasteiger partial charge in [-0.15, -0.1) is 56.7 Å². The van der Waals surface area contributed by atoms with E-state index in [0.717, 1.165) is 104 Å². The van der Waals surface area contributed by atoms with Crippen molar-refractivity contribution in [3.8, 4) is 52.9 Å². The van der Waals surface area contributed by atoms with Crippen LogP contribution in [0, 0.1) is 86.0 Å². The highest BCUT2D eigenvalue weighted by Gasteiger charge is 2.45. The van der Waals surface area contributed by atoms with E-state index in [1.54, 1.807) is 75.2 Å². The molecule has 22 aromatic rings. The van der Waals surface area contributed by atoms with Gasteiger partial charge in [-0.2, -0.15) is 57.1 Å². The van der Waals surface area contributed by atoms with E-state index < -0.39 is 89.8 Å². The Labute approximate surface area is 773 Å². The number of thiophene rings is 5. The van der Waals surface area contributed by atoms with Gasteiger partial charge in [0.25, 0.3) is 52.3 Å². The predicted molar refractivity (Wildman–Crippen MR) is 489 cm³/mol. The summed E-state index contributed by atoms with van der Waals surface area (Å²) in [7, 11) is 7.66. The van der Waals surface area contributed by atoms with Crippen molar-refractivity contribution in [3.05, 3.63) is 261 Å². The van der Waals surface area contributed by atoms with Crippen LogP contribution in [0.3, 0.4) is 0 Å². The van der Waals surface area contributed by atoms with E-state index in [1.165, 1.54) is 90.6 Å². The topological polar surface area (TPSA) is 213 Å². The molecule has 0 aliphatic heterocycles. The first-order chi connectivity index (χ1) is 65.7. The van der Waals surface area contributed by atoms with Crippen molar-refractivity contribution < 1.29 is 88.7 Å². The smallest absolute Gasteiger partial charge is 0.247 e. The van der Waals surface area contributed by atoms with Gasteiger partial charge in [0.05, 0.1) is 33.5 Å². The number of para-hydroxylation sites is 4. The Hall–Kier alpha value is -14.0. The Balaban J connectivity index is 0.000000115. The van der Waals surface area contributed by atoms with Crippen molar-refractivity contribution in [2.24, 2.45) is 35.2 Å². The normalized spacial score (nSPS) is 12.9. The molecule has 0 radical (unpaired) electrons. The van der Waals surface area contributed by atoms with Gasteiger partial charge in [0, 0.05) is 47.0 Å². The number of benzene rings is 7. The van der Waals surface area contributed by atoms with Crippen LogP contribution in [0.1, 0.15) is 75.9 Å². The van der Waals surface area contributed by atoms with Gasteiger partial charge in [-0.3, -0.25) is 0 Å². The first kappa shape index (κ1) is 82.2. The molecule has 0 unspecified atom stereocenters. The highest BCUT2D eigenvalue weighted by molar-refractivity contribution is 7.24. The molecule has 0 N–H and O–H groups in total. The zero-order valence-corrected chi connectivity index (χ0v) is 75.6. The van der Waals surface area contributed by atoms with E-state index in [1.807, 2.05) is 154 Å². The van der Waals surface area contributed by atoms with E-state index in [0.29, 0.717) is 60.9 Å². The van der Waals surface area contributed by atoms with Gasteiger partial charge < -0.3 is 0 Å². The molecule has 0 bridgehead atoms. The Morgan fingerprint density at radius 3 is 0.722 bits per heavy atom. The summed E-state index contributed by atoms with van der Waals surface area (Å²) in [5, 5.41) is 25.0. The number of hydrogen-bond acceptors (Lipinski definition) is 20. The number of rotatable bonds is 5. The summed E-state index contributed by atoms with van der Waals surface area (Å²) in [6.45, 7) is 8.07. The van der Waals surface area contributed by atoms with Gasteiger partial charge >= 0.3 is 18.5 Å². The molecular formula is C95H70F13N20S5+5. The van der Waals surface area contributed by atoms with Crippen LogP contribution in [0.5, 0.6) is 0 Å². The summed E-state index contributed by atoms with van der Waals surface area (Å²) in [5.74, 6) is -6.11. The Kier molecular flexibility index (Phi) is 21.2. The summed E-state index contributed by atoms with van der Waals surface area (Å²) in [5.41, 5.74) is 5.99. The first-order valence-corrected chi connectivity index (χ1v) is 44.3. The second kappa shape index (κ2) is 34.3. The minimum atomic E-state index is -4.90.